The molecule has 0 unspecified atom stereocenters. The Hall–Kier alpha value is -2.25. The molecule has 1 aliphatic heterocycles. The number of rotatable bonds is 3. The van der Waals surface area contributed by atoms with Crippen LogP contribution in [0.5, 0.6) is 0 Å². The zero-order valence-electron chi connectivity index (χ0n) is 14.9. The smallest absolute Gasteiger partial charge is 0.243 e. The molecule has 0 radical (unpaired) electrons. The van der Waals surface area contributed by atoms with Crippen molar-refractivity contribution >= 4 is 20.9 Å². The van der Waals surface area contributed by atoms with Crippen molar-refractivity contribution in [2.24, 2.45) is 0 Å². The summed E-state index contributed by atoms with van der Waals surface area (Å²) < 4.78 is 53.8. The van der Waals surface area contributed by atoms with Crippen LogP contribution in [0, 0.1) is 18.6 Å². The number of halogens is 2. The maximum atomic E-state index is 13.7. The lowest BCUT2D eigenvalue weighted by Crippen LogP contribution is -2.38. The van der Waals surface area contributed by atoms with E-state index in [2.05, 4.69) is 4.98 Å². The first kappa shape index (κ1) is 18.1. The highest BCUT2D eigenvalue weighted by atomic mass is 32.2. The van der Waals surface area contributed by atoms with E-state index in [0.717, 1.165) is 34.3 Å². The van der Waals surface area contributed by atoms with Gasteiger partial charge in [-0.2, -0.15) is 4.31 Å². The quantitative estimate of drug-likeness (QED) is 0.724. The van der Waals surface area contributed by atoms with Gasteiger partial charge in [-0.15, -0.1) is 0 Å². The molecule has 142 valence electrons. The van der Waals surface area contributed by atoms with Gasteiger partial charge in [0, 0.05) is 29.7 Å². The van der Waals surface area contributed by atoms with Crippen molar-refractivity contribution in [2.75, 3.05) is 13.1 Å². The van der Waals surface area contributed by atoms with Crippen LogP contribution in [0.2, 0.25) is 0 Å². The maximum Gasteiger partial charge on any atom is 0.243 e. The Morgan fingerprint density at radius 2 is 1.63 bits per heavy atom. The minimum Gasteiger partial charge on any atom is -0.358 e. The van der Waals surface area contributed by atoms with Crippen LogP contribution < -0.4 is 0 Å². The summed E-state index contributed by atoms with van der Waals surface area (Å²) in [5.41, 5.74) is 2.96. The number of nitrogens with one attached hydrogen (secondary N) is 1. The second-order valence-corrected chi connectivity index (χ2v) is 8.92. The van der Waals surface area contributed by atoms with Gasteiger partial charge in [-0.3, -0.25) is 0 Å². The predicted molar refractivity (Wildman–Crippen MR) is 100 cm³/mol. The van der Waals surface area contributed by atoms with Gasteiger partial charge in [-0.05, 0) is 73.7 Å². The molecule has 1 fully saturated rings. The predicted octanol–water partition coefficient (Wildman–Crippen LogP) is 4.32. The Balaban J connectivity index is 1.57. The second-order valence-electron chi connectivity index (χ2n) is 6.99. The van der Waals surface area contributed by atoms with Crippen LogP contribution in [0.1, 0.15) is 30.0 Å². The zero-order chi connectivity index (χ0) is 19.2. The zero-order valence-corrected chi connectivity index (χ0v) is 15.7. The number of benzene rings is 2. The van der Waals surface area contributed by atoms with E-state index in [9.17, 15) is 17.2 Å². The molecule has 1 aromatic heterocycles. The van der Waals surface area contributed by atoms with Gasteiger partial charge >= 0.3 is 0 Å². The summed E-state index contributed by atoms with van der Waals surface area (Å²) in [7, 11) is -3.63. The minimum atomic E-state index is -3.63. The number of piperidine rings is 1. The van der Waals surface area contributed by atoms with Crippen molar-refractivity contribution in [3.05, 3.63) is 65.4 Å². The lowest BCUT2D eigenvalue weighted by Gasteiger charge is -2.31. The van der Waals surface area contributed by atoms with E-state index < -0.39 is 15.8 Å². The first-order valence-electron chi connectivity index (χ1n) is 8.90. The summed E-state index contributed by atoms with van der Waals surface area (Å²) in [6.45, 7) is 2.73. The average molecular weight is 390 g/mol. The van der Waals surface area contributed by atoms with E-state index in [1.807, 2.05) is 6.92 Å². The normalized spacial score (nSPS) is 16.9. The van der Waals surface area contributed by atoms with Crippen LogP contribution >= 0.6 is 0 Å². The number of sulfonamides is 1. The van der Waals surface area contributed by atoms with Gasteiger partial charge in [0.15, 0.2) is 0 Å². The largest absolute Gasteiger partial charge is 0.358 e. The molecule has 4 nitrogen and oxygen atoms in total. The fourth-order valence-corrected chi connectivity index (χ4v) is 5.46. The number of aromatic nitrogens is 1. The SMILES string of the molecule is Cc1[nH]c2ccc(F)cc2c1C1CCN(S(=O)(=O)c2ccc(F)cc2)CC1. The molecule has 1 N–H and O–H groups in total. The third-order valence-electron chi connectivity index (χ3n) is 5.31. The summed E-state index contributed by atoms with van der Waals surface area (Å²) in [5.74, 6) is -0.575. The number of fused-ring (bicyclic) bond motifs is 1. The molecule has 2 heterocycles. The molecule has 0 aliphatic carbocycles. The van der Waals surface area contributed by atoms with E-state index in [4.69, 9.17) is 0 Å². The molecule has 27 heavy (non-hydrogen) atoms. The Labute approximate surface area is 156 Å². The van der Waals surface area contributed by atoms with E-state index in [-0.39, 0.29) is 16.6 Å². The Morgan fingerprint density at radius 3 is 2.30 bits per heavy atom. The number of hydrogen-bond donors (Lipinski definition) is 1. The van der Waals surface area contributed by atoms with Gasteiger partial charge < -0.3 is 4.98 Å². The van der Waals surface area contributed by atoms with Gasteiger partial charge in [0.1, 0.15) is 11.6 Å². The molecule has 2 aromatic carbocycles. The third-order valence-corrected chi connectivity index (χ3v) is 7.22. The van der Waals surface area contributed by atoms with Crippen molar-refractivity contribution in [2.45, 2.75) is 30.6 Å². The summed E-state index contributed by atoms with van der Waals surface area (Å²) in [6.07, 6.45) is 1.31. The molecule has 3 aromatic rings. The van der Waals surface area contributed by atoms with Crippen molar-refractivity contribution < 1.29 is 17.2 Å². The molecular formula is C20H20F2N2O2S. The van der Waals surface area contributed by atoms with Crippen LogP contribution in [0.3, 0.4) is 0 Å². The molecule has 0 saturated carbocycles. The van der Waals surface area contributed by atoms with E-state index in [1.165, 1.54) is 28.6 Å². The van der Waals surface area contributed by atoms with Gasteiger partial charge in [-0.1, -0.05) is 0 Å². The average Bonchev–Trinajstić information content (AvgIpc) is 2.97. The van der Waals surface area contributed by atoms with Crippen LogP contribution in [0.15, 0.2) is 47.4 Å². The standard InChI is InChI=1S/C20H20F2N2O2S/c1-13-20(18-12-16(22)4-7-19(18)23-13)14-8-10-24(11-9-14)27(25,26)17-5-2-15(21)3-6-17/h2-7,12,14,23H,8-11H2,1H3. The van der Waals surface area contributed by atoms with Crippen molar-refractivity contribution in [1.82, 2.24) is 9.29 Å². The Morgan fingerprint density at radius 1 is 1.00 bits per heavy atom. The number of aryl methyl sites for hydroxylation is 1. The summed E-state index contributed by atoms with van der Waals surface area (Å²) in [4.78, 5) is 3.39. The van der Waals surface area contributed by atoms with Crippen molar-refractivity contribution in [3.63, 3.8) is 0 Å². The number of H-pyrrole nitrogens is 1. The summed E-state index contributed by atoms with van der Waals surface area (Å²) >= 11 is 0. The number of aromatic amines is 1. The van der Waals surface area contributed by atoms with Crippen LogP contribution in [-0.2, 0) is 10.0 Å². The van der Waals surface area contributed by atoms with E-state index >= 15 is 0 Å². The summed E-state index contributed by atoms with van der Waals surface area (Å²) in [5, 5.41) is 0.868. The first-order chi connectivity index (χ1) is 12.9. The third kappa shape index (κ3) is 3.26. The molecule has 0 atom stereocenters. The van der Waals surface area contributed by atoms with Crippen LogP contribution in [-0.4, -0.2) is 30.8 Å². The van der Waals surface area contributed by atoms with E-state index in [1.54, 1.807) is 6.07 Å². The van der Waals surface area contributed by atoms with E-state index in [0.29, 0.717) is 25.9 Å². The molecule has 1 aliphatic rings. The molecule has 0 bridgehead atoms. The number of hydrogen-bond acceptors (Lipinski definition) is 2. The molecule has 1 saturated heterocycles. The molecule has 0 amide bonds. The number of nitrogens with zero attached hydrogens (tertiary/aromatic N) is 1. The topological polar surface area (TPSA) is 53.2 Å². The maximum absolute atomic E-state index is 13.7. The van der Waals surface area contributed by atoms with Crippen LogP contribution in [0.4, 0.5) is 8.78 Å². The molecule has 7 heteroatoms. The fraction of sp³-hybridized carbons (Fsp3) is 0.300. The Bertz CT molecular complexity index is 1080. The lowest BCUT2D eigenvalue weighted by atomic mass is 9.88. The van der Waals surface area contributed by atoms with Gasteiger partial charge in [-0.25, -0.2) is 17.2 Å². The lowest BCUT2D eigenvalue weighted by molar-refractivity contribution is 0.320. The second kappa shape index (κ2) is 6.73. The highest BCUT2D eigenvalue weighted by Crippen LogP contribution is 2.37. The highest BCUT2D eigenvalue weighted by molar-refractivity contribution is 7.89. The molecule has 4 rings (SSSR count). The van der Waals surface area contributed by atoms with Crippen molar-refractivity contribution in [3.8, 4) is 0 Å². The van der Waals surface area contributed by atoms with Crippen molar-refractivity contribution in [1.29, 1.82) is 0 Å². The van der Waals surface area contributed by atoms with Crippen LogP contribution in [0.25, 0.3) is 10.9 Å². The highest BCUT2D eigenvalue weighted by Gasteiger charge is 2.31. The Kier molecular flexibility index (Phi) is 4.52. The minimum absolute atomic E-state index is 0.104. The van der Waals surface area contributed by atoms with Gasteiger partial charge in [0.05, 0.1) is 4.90 Å². The molecule has 0 spiro atoms. The molecular weight excluding hydrogens is 370 g/mol. The summed E-state index contributed by atoms with van der Waals surface area (Å²) in [6, 6.07) is 9.60. The monoisotopic (exact) mass is 390 g/mol. The first-order valence-corrected chi connectivity index (χ1v) is 10.3. The van der Waals surface area contributed by atoms with Gasteiger partial charge in [0.25, 0.3) is 0 Å². The van der Waals surface area contributed by atoms with Gasteiger partial charge in [0.2, 0.25) is 10.0 Å². The fourth-order valence-electron chi connectivity index (χ4n) is 3.99.